The summed E-state index contributed by atoms with van der Waals surface area (Å²) in [6.45, 7) is 4.06. The lowest BCUT2D eigenvalue weighted by Crippen LogP contribution is -1.95. The van der Waals surface area contributed by atoms with Crippen LogP contribution in [0.2, 0.25) is 0 Å². The molecule has 1 aromatic carbocycles. The summed E-state index contributed by atoms with van der Waals surface area (Å²) in [5.41, 5.74) is 7.07. The minimum absolute atomic E-state index is 0.0415. The Balaban J connectivity index is 2.68. The number of aromatic hydroxyl groups is 1. The van der Waals surface area contributed by atoms with Gasteiger partial charge in [0.05, 0.1) is 12.7 Å². The number of nitrogens with two attached hydrogens (primary N) is 1. The molecule has 0 radical (unpaired) electrons. The lowest BCUT2D eigenvalue weighted by molar-refractivity contribution is 0.371. The summed E-state index contributed by atoms with van der Waals surface area (Å²) in [6.07, 6.45) is 0. The van der Waals surface area contributed by atoms with Crippen molar-refractivity contribution in [2.45, 2.75) is 19.8 Å². The Hall–Kier alpha value is -2.17. The third-order valence-electron chi connectivity index (χ3n) is 2.79. The van der Waals surface area contributed by atoms with Crippen LogP contribution in [-0.2, 0) is 0 Å². The molecule has 96 valence electrons. The van der Waals surface area contributed by atoms with Crippen LogP contribution in [0.5, 0.6) is 11.5 Å². The summed E-state index contributed by atoms with van der Waals surface area (Å²) in [5, 5.41) is 13.9. The number of hydrogen-bond acceptors (Lipinski definition) is 5. The Morgan fingerprint density at radius 1 is 1.39 bits per heavy atom. The zero-order valence-corrected chi connectivity index (χ0v) is 10.6. The van der Waals surface area contributed by atoms with Gasteiger partial charge in [0.1, 0.15) is 0 Å². The van der Waals surface area contributed by atoms with Crippen molar-refractivity contribution in [2.75, 3.05) is 12.8 Å². The van der Waals surface area contributed by atoms with Crippen LogP contribution in [0.25, 0.3) is 11.3 Å². The number of nitrogen functional groups attached to an aromatic ring is 1. The van der Waals surface area contributed by atoms with E-state index in [0.717, 1.165) is 5.56 Å². The summed E-state index contributed by atoms with van der Waals surface area (Å²) < 4.78 is 10.2. The Bertz CT molecular complexity index is 561. The van der Waals surface area contributed by atoms with Crippen molar-refractivity contribution in [3.05, 3.63) is 23.8 Å². The molecule has 0 aliphatic rings. The van der Waals surface area contributed by atoms with Crippen molar-refractivity contribution >= 4 is 5.82 Å². The first-order valence-electron chi connectivity index (χ1n) is 5.67. The van der Waals surface area contributed by atoms with Gasteiger partial charge in [-0.2, -0.15) is 0 Å². The van der Waals surface area contributed by atoms with Crippen molar-refractivity contribution in [1.29, 1.82) is 0 Å². The molecule has 5 heteroatoms. The van der Waals surface area contributed by atoms with E-state index in [1.54, 1.807) is 12.1 Å². The zero-order valence-electron chi connectivity index (χ0n) is 10.6. The van der Waals surface area contributed by atoms with Crippen LogP contribution in [0.4, 0.5) is 5.82 Å². The normalized spacial score (nSPS) is 10.9. The molecule has 0 spiro atoms. The number of ether oxygens (including phenoxy) is 1. The average molecular weight is 248 g/mol. The number of rotatable bonds is 3. The van der Waals surface area contributed by atoms with Gasteiger partial charge in [-0.25, -0.2) is 0 Å². The van der Waals surface area contributed by atoms with E-state index in [1.165, 1.54) is 7.11 Å². The molecule has 0 amide bonds. The Kier molecular flexibility index (Phi) is 3.14. The maximum Gasteiger partial charge on any atom is 0.173 e. The highest BCUT2D eigenvalue weighted by Crippen LogP contribution is 2.42. The number of aromatic nitrogens is 1. The van der Waals surface area contributed by atoms with Gasteiger partial charge in [-0.05, 0) is 17.5 Å². The van der Waals surface area contributed by atoms with E-state index >= 15 is 0 Å². The van der Waals surface area contributed by atoms with E-state index in [1.807, 2.05) is 19.9 Å². The van der Waals surface area contributed by atoms with Gasteiger partial charge in [0.15, 0.2) is 23.1 Å². The summed E-state index contributed by atoms with van der Waals surface area (Å²) in [5.74, 6) is 1.38. The van der Waals surface area contributed by atoms with Gasteiger partial charge >= 0.3 is 0 Å². The fraction of sp³-hybridized carbons (Fsp3) is 0.308. The molecule has 0 fully saturated rings. The Morgan fingerprint density at radius 3 is 2.61 bits per heavy atom. The summed E-state index contributed by atoms with van der Waals surface area (Å²) >= 11 is 0. The molecule has 0 saturated carbocycles. The van der Waals surface area contributed by atoms with Crippen LogP contribution in [0.15, 0.2) is 22.7 Å². The van der Waals surface area contributed by atoms with Crippen LogP contribution in [0, 0.1) is 0 Å². The second kappa shape index (κ2) is 4.60. The number of phenols is 1. The van der Waals surface area contributed by atoms with Crippen LogP contribution in [0.3, 0.4) is 0 Å². The summed E-state index contributed by atoms with van der Waals surface area (Å²) in [4.78, 5) is 0. The topological polar surface area (TPSA) is 81.5 Å². The van der Waals surface area contributed by atoms with E-state index in [4.69, 9.17) is 15.0 Å². The molecule has 0 aliphatic carbocycles. The molecule has 0 unspecified atom stereocenters. The predicted octanol–water partition coefficient (Wildman–Crippen LogP) is 2.76. The fourth-order valence-electron chi connectivity index (χ4n) is 1.90. The summed E-state index contributed by atoms with van der Waals surface area (Å²) in [7, 11) is 1.50. The van der Waals surface area contributed by atoms with Crippen LogP contribution >= 0.6 is 0 Å². The highest BCUT2D eigenvalue weighted by Gasteiger charge is 2.20. The van der Waals surface area contributed by atoms with Crippen molar-refractivity contribution in [3.63, 3.8) is 0 Å². The largest absolute Gasteiger partial charge is 0.504 e. The average Bonchev–Trinajstić information content (AvgIpc) is 2.74. The molecule has 0 atom stereocenters. The zero-order chi connectivity index (χ0) is 13.3. The van der Waals surface area contributed by atoms with Gasteiger partial charge < -0.3 is 20.1 Å². The van der Waals surface area contributed by atoms with Gasteiger partial charge in [-0.15, -0.1) is 0 Å². The number of methoxy groups -OCH3 is 1. The molecule has 2 rings (SSSR count). The fourth-order valence-corrected chi connectivity index (χ4v) is 1.90. The number of benzene rings is 1. The van der Waals surface area contributed by atoms with Gasteiger partial charge in [-0.1, -0.05) is 25.1 Å². The lowest BCUT2D eigenvalue weighted by atomic mass is 9.94. The molecule has 2 aromatic rings. The SMILES string of the molecule is COc1ccc(C(C)C)c(-c2cc(N)no2)c1O. The van der Waals surface area contributed by atoms with Crippen molar-refractivity contribution in [1.82, 2.24) is 5.16 Å². The number of phenolic OH excluding ortho intramolecular Hbond substituents is 1. The number of anilines is 1. The van der Waals surface area contributed by atoms with E-state index in [9.17, 15) is 5.11 Å². The monoisotopic (exact) mass is 248 g/mol. The van der Waals surface area contributed by atoms with Crippen LogP contribution in [-0.4, -0.2) is 17.4 Å². The first kappa shape index (κ1) is 12.3. The quantitative estimate of drug-likeness (QED) is 0.872. The standard InChI is InChI=1S/C13H16N2O3/c1-7(2)8-4-5-9(17-3)13(16)12(8)10-6-11(14)15-18-10/h4-7,16H,1-3H3,(H2,14,15). The van der Waals surface area contributed by atoms with Gasteiger partial charge in [0.2, 0.25) is 0 Å². The van der Waals surface area contributed by atoms with Gasteiger partial charge in [-0.3, -0.25) is 0 Å². The van der Waals surface area contributed by atoms with Gasteiger partial charge in [0, 0.05) is 6.07 Å². The van der Waals surface area contributed by atoms with Gasteiger partial charge in [0.25, 0.3) is 0 Å². The highest BCUT2D eigenvalue weighted by atomic mass is 16.5. The molecule has 18 heavy (non-hydrogen) atoms. The van der Waals surface area contributed by atoms with Crippen LogP contribution in [0.1, 0.15) is 25.3 Å². The first-order valence-corrected chi connectivity index (χ1v) is 5.67. The molecule has 0 aliphatic heterocycles. The van der Waals surface area contributed by atoms with E-state index < -0.39 is 0 Å². The molecular weight excluding hydrogens is 232 g/mol. The molecule has 3 N–H and O–H groups in total. The number of hydrogen-bond donors (Lipinski definition) is 2. The third kappa shape index (κ3) is 1.99. The summed E-state index contributed by atoms with van der Waals surface area (Å²) in [6, 6.07) is 5.21. The van der Waals surface area contributed by atoms with E-state index in [2.05, 4.69) is 5.16 Å². The predicted molar refractivity (Wildman–Crippen MR) is 68.7 cm³/mol. The van der Waals surface area contributed by atoms with E-state index in [-0.39, 0.29) is 17.5 Å². The Morgan fingerprint density at radius 2 is 2.11 bits per heavy atom. The molecule has 1 aromatic heterocycles. The molecule has 0 saturated heterocycles. The van der Waals surface area contributed by atoms with Crippen LogP contribution < -0.4 is 10.5 Å². The molecule has 5 nitrogen and oxygen atoms in total. The second-order valence-corrected chi connectivity index (χ2v) is 4.35. The second-order valence-electron chi connectivity index (χ2n) is 4.35. The van der Waals surface area contributed by atoms with E-state index in [0.29, 0.717) is 17.1 Å². The van der Waals surface area contributed by atoms with Crippen molar-refractivity contribution in [3.8, 4) is 22.8 Å². The maximum atomic E-state index is 10.2. The minimum atomic E-state index is 0.0415. The molecular formula is C13H16N2O3. The first-order chi connectivity index (χ1) is 8.54. The molecule has 0 bridgehead atoms. The van der Waals surface area contributed by atoms with Crippen molar-refractivity contribution < 1.29 is 14.4 Å². The lowest BCUT2D eigenvalue weighted by Gasteiger charge is -2.14. The Labute approximate surface area is 105 Å². The highest BCUT2D eigenvalue weighted by molar-refractivity contribution is 5.74. The third-order valence-corrected chi connectivity index (χ3v) is 2.79. The number of nitrogens with zero attached hydrogens (tertiary/aromatic N) is 1. The van der Waals surface area contributed by atoms with Crippen molar-refractivity contribution in [2.24, 2.45) is 0 Å². The maximum absolute atomic E-state index is 10.2. The smallest absolute Gasteiger partial charge is 0.173 e. The minimum Gasteiger partial charge on any atom is -0.504 e. The molecule has 1 heterocycles.